The molecule has 3 aliphatic rings. The van der Waals surface area contributed by atoms with Gasteiger partial charge in [0.2, 0.25) is 12.7 Å². The van der Waals surface area contributed by atoms with Crippen molar-refractivity contribution in [2.45, 2.75) is 56.9 Å². The monoisotopic (exact) mass is 368 g/mol. The average Bonchev–Trinajstić information content (AvgIpc) is 3.15. The summed E-state index contributed by atoms with van der Waals surface area (Å²) in [5.74, 6) is 2.34. The molecule has 2 aliphatic heterocycles. The summed E-state index contributed by atoms with van der Waals surface area (Å²) < 4.78 is 16.4. The molecule has 142 valence electrons. The van der Waals surface area contributed by atoms with Gasteiger partial charge < -0.3 is 18.9 Å². The summed E-state index contributed by atoms with van der Waals surface area (Å²) in [5.41, 5.74) is 1.16. The molecule has 2 aromatic rings. The highest BCUT2D eigenvalue weighted by atomic mass is 16.7. The van der Waals surface area contributed by atoms with Crippen molar-refractivity contribution in [3.8, 4) is 22.8 Å². The Morgan fingerprint density at radius 2 is 2.07 bits per heavy atom. The third-order valence-corrected chi connectivity index (χ3v) is 6.18. The van der Waals surface area contributed by atoms with Gasteiger partial charge in [0, 0.05) is 24.2 Å². The first-order valence-electron chi connectivity index (χ1n) is 9.89. The molecule has 6 nitrogen and oxygen atoms in total. The zero-order valence-electron chi connectivity index (χ0n) is 15.6. The van der Waals surface area contributed by atoms with Crippen LogP contribution in [0.25, 0.3) is 11.3 Å². The van der Waals surface area contributed by atoms with E-state index in [-0.39, 0.29) is 12.7 Å². The van der Waals surface area contributed by atoms with Crippen LogP contribution < -0.4 is 9.47 Å². The molecule has 27 heavy (non-hydrogen) atoms. The van der Waals surface area contributed by atoms with Crippen LogP contribution in [0.5, 0.6) is 11.5 Å². The van der Waals surface area contributed by atoms with Crippen LogP contribution in [0.3, 0.4) is 0 Å². The van der Waals surface area contributed by atoms with Crippen LogP contribution >= 0.6 is 0 Å². The van der Waals surface area contributed by atoms with Crippen LogP contribution in [0.2, 0.25) is 0 Å². The highest BCUT2D eigenvalue weighted by Gasteiger charge is 2.56. The fraction of sp³-hybridized carbons (Fsp3) is 0.524. The number of benzene rings is 1. The number of carbonyl (C=O) groups is 1. The molecule has 3 heterocycles. The van der Waals surface area contributed by atoms with Crippen LogP contribution in [0.15, 0.2) is 28.8 Å². The van der Waals surface area contributed by atoms with Crippen LogP contribution in [-0.2, 0) is 10.2 Å². The molecule has 1 aliphatic carbocycles. The minimum Gasteiger partial charge on any atom is -0.454 e. The largest absolute Gasteiger partial charge is 0.454 e. The van der Waals surface area contributed by atoms with E-state index in [1.807, 2.05) is 24.3 Å². The molecule has 1 aromatic heterocycles. The molecule has 1 aromatic carbocycles. The average molecular weight is 368 g/mol. The Morgan fingerprint density at radius 3 is 2.89 bits per heavy atom. The van der Waals surface area contributed by atoms with E-state index in [9.17, 15) is 4.79 Å². The summed E-state index contributed by atoms with van der Waals surface area (Å²) in [4.78, 5) is 15.5. The van der Waals surface area contributed by atoms with Crippen molar-refractivity contribution in [3.05, 3.63) is 30.0 Å². The SMILES string of the molecule is CCC1CCCCN1C(=O)C1(c2cc(-c3ccc4c(c3)OCO4)on2)CC1. The van der Waals surface area contributed by atoms with E-state index < -0.39 is 5.41 Å². The molecule has 1 unspecified atom stereocenters. The van der Waals surface area contributed by atoms with Crippen molar-refractivity contribution >= 4 is 5.91 Å². The molecule has 0 spiro atoms. The number of hydrogen-bond donors (Lipinski definition) is 0. The number of rotatable bonds is 4. The van der Waals surface area contributed by atoms with E-state index in [0.717, 1.165) is 55.7 Å². The van der Waals surface area contributed by atoms with Gasteiger partial charge >= 0.3 is 0 Å². The van der Waals surface area contributed by atoms with Gasteiger partial charge in [-0.05, 0) is 56.7 Å². The Bertz CT molecular complexity index is 871. The number of ether oxygens (including phenoxy) is 2. The topological polar surface area (TPSA) is 64.8 Å². The molecular weight excluding hydrogens is 344 g/mol. The summed E-state index contributed by atoms with van der Waals surface area (Å²) in [6.45, 7) is 3.28. The van der Waals surface area contributed by atoms with Gasteiger partial charge in [0.25, 0.3) is 0 Å². The lowest BCUT2D eigenvalue weighted by molar-refractivity contribution is -0.138. The maximum atomic E-state index is 13.4. The summed E-state index contributed by atoms with van der Waals surface area (Å²) in [6.07, 6.45) is 6.15. The first kappa shape index (κ1) is 16.7. The summed E-state index contributed by atoms with van der Waals surface area (Å²) in [6, 6.07) is 7.98. The molecule has 2 fully saturated rings. The first-order valence-corrected chi connectivity index (χ1v) is 9.89. The third-order valence-electron chi connectivity index (χ3n) is 6.18. The quantitative estimate of drug-likeness (QED) is 0.819. The third kappa shape index (κ3) is 2.69. The van der Waals surface area contributed by atoms with Crippen molar-refractivity contribution < 1.29 is 18.8 Å². The van der Waals surface area contributed by atoms with Crippen molar-refractivity contribution in [1.29, 1.82) is 0 Å². The highest BCUT2D eigenvalue weighted by Crippen LogP contribution is 2.50. The lowest BCUT2D eigenvalue weighted by atomic mass is 9.94. The maximum Gasteiger partial charge on any atom is 0.235 e. The van der Waals surface area contributed by atoms with Gasteiger partial charge in [-0.1, -0.05) is 12.1 Å². The van der Waals surface area contributed by atoms with Crippen LogP contribution in [0.4, 0.5) is 0 Å². The highest BCUT2D eigenvalue weighted by molar-refractivity contribution is 5.91. The van der Waals surface area contributed by atoms with E-state index in [4.69, 9.17) is 14.0 Å². The van der Waals surface area contributed by atoms with Crippen molar-refractivity contribution in [1.82, 2.24) is 10.1 Å². The van der Waals surface area contributed by atoms with E-state index in [1.54, 1.807) is 0 Å². The fourth-order valence-electron chi connectivity index (χ4n) is 4.36. The predicted octanol–water partition coefficient (Wildman–Crippen LogP) is 3.89. The number of likely N-dealkylation sites (tertiary alicyclic amines) is 1. The Morgan fingerprint density at radius 1 is 1.22 bits per heavy atom. The molecule has 6 heteroatoms. The Hall–Kier alpha value is -2.50. The first-order chi connectivity index (χ1) is 13.2. The molecule has 1 saturated heterocycles. The lowest BCUT2D eigenvalue weighted by Gasteiger charge is -2.37. The molecule has 0 radical (unpaired) electrons. The molecule has 0 bridgehead atoms. The number of nitrogens with zero attached hydrogens (tertiary/aromatic N) is 2. The second-order valence-electron chi connectivity index (χ2n) is 7.78. The minimum absolute atomic E-state index is 0.236. The number of amides is 1. The van der Waals surface area contributed by atoms with E-state index in [2.05, 4.69) is 17.0 Å². The molecule has 1 saturated carbocycles. The van der Waals surface area contributed by atoms with Gasteiger partial charge in [0.1, 0.15) is 0 Å². The Kier molecular flexibility index (Phi) is 3.88. The van der Waals surface area contributed by atoms with Crippen molar-refractivity contribution in [2.75, 3.05) is 13.3 Å². The molecule has 0 N–H and O–H groups in total. The van der Waals surface area contributed by atoms with Crippen LogP contribution in [0.1, 0.15) is 51.1 Å². The van der Waals surface area contributed by atoms with Crippen LogP contribution in [0, 0.1) is 0 Å². The second-order valence-corrected chi connectivity index (χ2v) is 7.78. The summed E-state index contributed by atoms with van der Waals surface area (Å²) in [5, 5.41) is 4.29. The molecular formula is C21H24N2O4. The van der Waals surface area contributed by atoms with Gasteiger partial charge in [-0.3, -0.25) is 4.79 Å². The Labute approximate surface area is 158 Å². The number of aromatic nitrogens is 1. The number of piperidine rings is 1. The number of hydrogen-bond acceptors (Lipinski definition) is 5. The normalized spacial score (nSPS) is 22.7. The van der Waals surface area contributed by atoms with Gasteiger partial charge in [0.15, 0.2) is 17.3 Å². The molecule has 1 amide bonds. The van der Waals surface area contributed by atoms with Crippen molar-refractivity contribution in [2.24, 2.45) is 0 Å². The predicted molar refractivity (Wildman–Crippen MR) is 98.6 cm³/mol. The zero-order chi connectivity index (χ0) is 18.4. The standard InChI is InChI=1S/C21H24N2O4/c1-2-15-5-3-4-10-23(15)20(24)21(8-9-21)19-12-17(27-22-19)14-6-7-16-18(11-14)26-13-25-16/h6-7,11-12,15H,2-5,8-10,13H2,1H3. The summed E-state index contributed by atoms with van der Waals surface area (Å²) >= 11 is 0. The zero-order valence-corrected chi connectivity index (χ0v) is 15.6. The second kappa shape index (κ2) is 6.29. The van der Waals surface area contributed by atoms with Gasteiger partial charge in [-0.2, -0.15) is 0 Å². The van der Waals surface area contributed by atoms with E-state index in [0.29, 0.717) is 17.6 Å². The molecule has 5 rings (SSSR count). The van der Waals surface area contributed by atoms with Crippen molar-refractivity contribution in [3.63, 3.8) is 0 Å². The van der Waals surface area contributed by atoms with Crippen LogP contribution in [-0.4, -0.2) is 35.3 Å². The summed E-state index contributed by atoms with van der Waals surface area (Å²) in [7, 11) is 0. The molecule has 1 atom stereocenters. The number of fused-ring (bicyclic) bond motifs is 1. The van der Waals surface area contributed by atoms with E-state index in [1.165, 1.54) is 6.42 Å². The lowest BCUT2D eigenvalue weighted by Crippen LogP contribution is -2.48. The van der Waals surface area contributed by atoms with Gasteiger partial charge in [-0.25, -0.2) is 0 Å². The minimum atomic E-state index is -0.483. The van der Waals surface area contributed by atoms with Gasteiger partial charge in [-0.15, -0.1) is 0 Å². The Balaban J connectivity index is 1.41. The fourth-order valence-corrected chi connectivity index (χ4v) is 4.36. The van der Waals surface area contributed by atoms with E-state index >= 15 is 0 Å². The smallest absolute Gasteiger partial charge is 0.235 e. The van der Waals surface area contributed by atoms with Gasteiger partial charge in [0.05, 0.1) is 11.1 Å². The maximum absolute atomic E-state index is 13.4. The number of carbonyl (C=O) groups excluding carboxylic acids is 1.